The maximum Gasteiger partial charge on any atom is 0.288 e. The van der Waals surface area contributed by atoms with Crippen molar-refractivity contribution in [3.63, 3.8) is 0 Å². The minimum Gasteiger partial charge on any atom is -0.363 e. The van der Waals surface area contributed by atoms with Gasteiger partial charge in [-0.15, -0.1) is 5.10 Å². The second kappa shape index (κ2) is 5.38. The maximum absolute atomic E-state index is 11.3. The van der Waals surface area contributed by atoms with Gasteiger partial charge in [-0.2, -0.15) is 0 Å². The van der Waals surface area contributed by atoms with E-state index < -0.39 is 5.91 Å². The first-order valence-electron chi connectivity index (χ1n) is 6.23. The van der Waals surface area contributed by atoms with Gasteiger partial charge in [0.15, 0.2) is 5.82 Å². The maximum atomic E-state index is 11.3. The molecular weight excluding hydrogens is 288 g/mol. The summed E-state index contributed by atoms with van der Waals surface area (Å²) in [6.07, 6.45) is 0. The van der Waals surface area contributed by atoms with Gasteiger partial charge in [-0.1, -0.05) is 41.9 Å². The van der Waals surface area contributed by atoms with Gasteiger partial charge in [0.2, 0.25) is 5.82 Å². The lowest BCUT2D eigenvalue weighted by molar-refractivity contribution is 0.0990. The Balaban J connectivity index is 2.19. The normalized spacial score (nSPS) is 10.5. The van der Waals surface area contributed by atoms with Crippen molar-refractivity contribution >= 4 is 17.5 Å². The standard InChI is InChI=1S/C15H11ClN4O/c16-11-6-8-12(9-7-11)20-15(10-4-2-1-3-5-10)18-14(19-20)13(17)21/h1-9H,(H2,17,21). The molecule has 21 heavy (non-hydrogen) atoms. The van der Waals surface area contributed by atoms with Crippen molar-refractivity contribution in [3.05, 3.63) is 65.4 Å². The van der Waals surface area contributed by atoms with Crippen LogP contribution in [-0.4, -0.2) is 20.7 Å². The lowest BCUT2D eigenvalue weighted by atomic mass is 10.2. The van der Waals surface area contributed by atoms with Crippen molar-refractivity contribution < 1.29 is 4.79 Å². The molecule has 0 fully saturated rings. The van der Waals surface area contributed by atoms with Gasteiger partial charge in [-0.3, -0.25) is 4.79 Å². The highest BCUT2D eigenvalue weighted by Gasteiger charge is 2.16. The number of nitrogens with two attached hydrogens (primary N) is 1. The summed E-state index contributed by atoms with van der Waals surface area (Å²) >= 11 is 5.89. The third kappa shape index (κ3) is 2.64. The fourth-order valence-corrected chi connectivity index (χ4v) is 2.08. The predicted molar refractivity (Wildman–Crippen MR) is 80.3 cm³/mol. The van der Waals surface area contributed by atoms with Crippen LogP contribution < -0.4 is 5.73 Å². The van der Waals surface area contributed by atoms with Crippen molar-refractivity contribution in [2.24, 2.45) is 5.73 Å². The number of aromatic nitrogens is 3. The fourth-order valence-electron chi connectivity index (χ4n) is 1.95. The predicted octanol–water partition coefficient (Wildman–Crippen LogP) is 2.69. The highest BCUT2D eigenvalue weighted by Crippen LogP contribution is 2.22. The van der Waals surface area contributed by atoms with E-state index in [4.69, 9.17) is 17.3 Å². The largest absolute Gasteiger partial charge is 0.363 e. The van der Waals surface area contributed by atoms with Gasteiger partial charge >= 0.3 is 0 Å². The molecule has 5 nitrogen and oxygen atoms in total. The molecule has 0 saturated heterocycles. The Morgan fingerprint density at radius 2 is 1.71 bits per heavy atom. The number of halogens is 1. The summed E-state index contributed by atoms with van der Waals surface area (Å²) in [4.78, 5) is 15.6. The molecule has 1 heterocycles. The van der Waals surface area contributed by atoms with Crippen molar-refractivity contribution in [2.75, 3.05) is 0 Å². The Kier molecular flexibility index (Phi) is 3.41. The van der Waals surface area contributed by atoms with Gasteiger partial charge in [0.05, 0.1) is 5.69 Å². The SMILES string of the molecule is NC(=O)c1nc(-c2ccccc2)n(-c2ccc(Cl)cc2)n1. The number of carbonyl (C=O) groups is 1. The Labute approximate surface area is 126 Å². The molecule has 0 spiro atoms. The molecule has 6 heteroatoms. The van der Waals surface area contributed by atoms with E-state index in [9.17, 15) is 4.79 Å². The molecule has 0 atom stereocenters. The molecule has 2 aromatic carbocycles. The quantitative estimate of drug-likeness (QED) is 0.808. The highest BCUT2D eigenvalue weighted by atomic mass is 35.5. The molecule has 1 amide bonds. The first-order chi connectivity index (χ1) is 10.1. The van der Waals surface area contributed by atoms with Gasteiger partial charge in [0.1, 0.15) is 0 Å². The van der Waals surface area contributed by atoms with Crippen LogP contribution in [0.5, 0.6) is 0 Å². The third-order valence-electron chi connectivity index (χ3n) is 2.93. The van der Waals surface area contributed by atoms with Gasteiger partial charge < -0.3 is 5.73 Å². The van der Waals surface area contributed by atoms with Crippen LogP contribution in [0.2, 0.25) is 5.02 Å². The molecule has 0 radical (unpaired) electrons. The Bertz CT molecular complexity index is 781. The number of hydrogen-bond acceptors (Lipinski definition) is 3. The Morgan fingerprint density at radius 1 is 1.05 bits per heavy atom. The van der Waals surface area contributed by atoms with E-state index in [0.29, 0.717) is 10.8 Å². The van der Waals surface area contributed by atoms with Crippen molar-refractivity contribution in [1.29, 1.82) is 0 Å². The molecule has 0 aliphatic carbocycles. The number of amides is 1. The van der Waals surface area contributed by atoms with Crippen LogP contribution in [0.25, 0.3) is 17.1 Å². The van der Waals surface area contributed by atoms with E-state index in [1.54, 1.807) is 28.9 Å². The molecule has 0 aliphatic rings. The van der Waals surface area contributed by atoms with Crippen LogP contribution in [-0.2, 0) is 0 Å². The van der Waals surface area contributed by atoms with Crippen LogP contribution in [0, 0.1) is 0 Å². The van der Waals surface area contributed by atoms with Crippen LogP contribution in [0.3, 0.4) is 0 Å². The molecular formula is C15H11ClN4O. The smallest absolute Gasteiger partial charge is 0.288 e. The monoisotopic (exact) mass is 298 g/mol. The number of rotatable bonds is 3. The van der Waals surface area contributed by atoms with Gasteiger partial charge in [0, 0.05) is 10.6 Å². The average molecular weight is 299 g/mol. The van der Waals surface area contributed by atoms with Gasteiger partial charge in [-0.05, 0) is 24.3 Å². The number of primary amides is 1. The minimum absolute atomic E-state index is 0.0243. The Hall–Kier alpha value is -2.66. The van der Waals surface area contributed by atoms with Crippen LogP contribution in [0.1, 0.15) is 10.6 Å². The average Bonchev–Trinajstić information content (AvgIpc) is 2.94. The lowest BCUT2D eigenvalue weighted by Crippen LogP contribution is -2.13. The summed E-state index contributed by atoms with van der Waals surface area (Å²) in [5.41, 5.74) is 6.87. The summed E-state index contributed by atoms with van der Waals surface area (Å²) in [6, 6.07) is 16.6. The van der Waals surface area contributed by atoms with Crippen molar-refractivity contribution in [1.82, 2.24) is 14.8 Å². The van der Waals surface area contributed by atoms with E-state index in [0.717, 1.165) is 11.3 Å². The van der Waals surface area contributed by atoms with E-state index in [2.05, 4.69) is 10.1 Å². The zero-order valence-electron chi connectivity index (χ0n) is 10.9. The number of nitrogens with zero attached hydrogens (tertiary/aromatic N) is 3. The van der Waals surface area contributed by atoms with E-state index in [1.807, 2.05) is 30.3 Å². The number of carbonyl (C=O) groups excluding carboxylic acids is 1. The summed E-state index contributed by atoms with van der Waals surface area (Å²) in [7, 11) is 0. The van der Waals surface area contributed by atoms with Crippen LogP contribution >= 0.6 is 11.6 Å². The lowest BCUT2D eigenvalue weighted by Gasteiger charge is -2.05. The van der Waals surface area contributed by atoms with Gasteiger partial charge in [0.25, 0.3) is 5.91 Å². The fraction of sp³-hybridized carbons (Fsp3) is 0. The van der Waals surface area contributed by atoms with Crippen LogP contribution in [0.15, 0.2) is 54.6 Å². The zero-order chi connectivity index (χ0) is 14.8. The zero-order valence-corrected chi connectivity index (χ0v) is 11.7. The molecule has 3 rings (SSSR count). The van der Waals surface area contributed by atoms with Crippen molar-refractivity contribution in [2.45, 2.75) is 0 Å². The molecule has 0 bridgehead atoms. The first-order valence-corrected chi connectivity index (χ1v) is 6.61. The summed E-state index contributed by atoms with van der Waals surface area (Å²) < 4.78 is 1.58. The first kappa shape index (κ1) is 13.3. The number of hydrogen-bond donors (Lipinski definition) is 1. The topological polar surface area (TPSA) is 73.8 Å². The molecule has 0 aliphatic heterocycles. The molecule has 3 aromatic rings. The van der Waals surface area contributed by atoms with Crippen molar-refractivity contribution in [3.8, 4) is 17.1 Å². The van der Waals surface area contributed by atoms with Gasteiger partial charge in [-0.25, -0.2) is 9.67 Å². The van der Waals surface area contributed by atoms with E-state index in [-0.39, 0.29) is 5.82 Å². The minimum atomic E-state index is -0.667. The summed E-state index contributed by atoms with van der Waals surface area (Å²) in [5, 5.41) is 4.79. The van der Waals surface area contributed by atoms with E-state index in [1.165, 1.54) is 0 Å². The second-order valence-corrected chi connectivity index (χ2v) is 4.81. The summed E-state index contributed by atoms with van der Waals surface area (Å²) in [6.45, 7) is 0. The molecule has 104 valence electrons. The molecule has 2 N–H and O–H groups in total. The molecule has 1 aromatic heterocycles. The molecule has 0 saturated carbocycles. The summed E-state index contributed by atoms with van der Waals surface area (Å²) in [5.74, 6) is -0.143. The highest BCUT2D eigenvalue weighted by molar-refractivity contribution is 6.30. The van der Waals surface area contributed by atoms with E-state index >= 15 is 0 Å². The third-order valence-corrected chi connectivity index (χ3v) is 3.18. The Morgan fingerprint density at radius 3 is 2.33 bits per heavy atom. The second-order valence-electron chi connectivity index (χ2n) is 4.38. The molecule has 0 unspecified atom stereocenters. The van der Waals surface area contributed by atoms with Crippen LogP contribution in [0.4, 0.5) is 0 Å². The number of benzene rings is 2.